The first-order valence-corrected chi connectivity index (χ1v) is 10.00. The molecule has 1 N–H and O–H groups in total. The topological polar surface area (TPSA) is 75.7 Å². The summed E-state index contributed by atoms with van der Waals surface area (Å²) in [5.41, 5.74) is 1.12. The van der Waals surface area contributed by atoms with Gasteiger partial charge in [-0.05, 0) is 48.9 Å². The summed E-state index contributed by atoms with van der Waals surface area (Å²) < 4.78 is 31.5. The largest absolute Gasteiger partial charge is 0.492 e. The predicted octanol–water partition coefficient (Wildman–Crippen LogP) is 3.64. The van der Waals surface area contributed by atoms with Gasteiger partial charge in [-0.3, -0.25) is 4.79 Å². The molecule has 0 saturated heterocycles. The van der Waals surface area contributed by atoms with Gasteiger partial charge in [-0.1, -0.05) is 23.7 Å². The van der Waals surface area contributed by atoms with Crippen LogP contribution < -0.4 is 10.1 Å². The van der Waals surface area contributed by atoms with Gasteiger partial charge in [0.25, 0.3) is 0 Å². The highest BCUT2D eigenvalue weighted by atomic mass is 35.5. The van der Waals surface area contributed by atoms with E-state index >= 15 is 0 Å². The maximum atomic E-state index is 12.5. The number of hydrogen-bond acceptors (Lipinski definition) is 4. The molecule has 0 radical (unpaired) electrons. The summed E-state index contributed by atoms with van der Waals surface area (Å²) in [5.74, 6) is -0.161. The summed E-state index contributed by atoms with van der Waals surface area (Å²) in [6.07, 6.45) is 2.97. The average molecular weight is 409 g/mol. The molecular weight excluding hydrogens is 388 g/mol. The number of nitrogens with one attached hydrogen (secondary N) is 1. The Labute approximate surface area is 164 Å². The summed E-state index contributed by atoms with van der Waals surface area (Å²) >= 11 is 5.91. The molecule has 144 valence electrons. The highest BCUT2D eigenvalue weighted by Gasteiger charge is 2.23. The van der Waals surface area contributed by atoms with Crippen LogP contribution in [0.1, 0.15) is 12.5 Å². The summed E-state index contributed by atoms with van der Waals surface area (Å²) in [6, 6.07) is 11.6. The van der Waals surface area contributed by atoms with Crippen molar-refractivity contribution in [1.29, 1.82) is 0 Å². The Bertz CT molecular complexity index is 956. The number of hydrogen-bond donors (Lipinski definition) is 1. The number of nitrogens with zero attached hydrogens (tertiary/aromatic N) is 1. The molecule has 0 unspecified atom stereocenters. The molecule has 0 aliphatic carbocycles. The van der Waals surface area contributed by atoms with E-state index in [0.717, 1.165) is 9.87 Å². The fourth-order valence-corrected chi connectivity index (χ4v) is 3.47. The van der Waals surface area contributed by atoms with Crippen LogP contribution in [0.5, 0.6) is 5.75 Å². The van der Waals surface area contributed by atoms with E-state index in [-0.39, 0.29) is 10.6 Å². The van der Waals surface area contributed by atoms with Crippen molar-refractivity contribution < 1.29 is 17.9 Å². The Kier molecular flexibility index (Phi) is 7.01. The van der Waals surface area contributed by atoms with Gasteiger partial charge in [-0.25, -0.2) is 12.7 Å². The number of benzene rings is 2. The van der Waals surface area contributed by atoms with Crippen molar-refractivity contribution in [1.82, 2.24) is 4.31 Å². The van der Waals surface area contributed by atoms with E-state index in [9.17, 15) is 13.2 Å². The van der Waals surface area contributed by atoms with Crippen LogP contribution in [0.25, 0.3) is 6.08 Å². The third kappa shape index (κ3) is 5.56. The molecule has 0 fully saturated rings. The zero-order chi connectivity index (χ0) is 20.0. The van der Waals surface area contributed by atoms with Crippen LogP contribution in [-0.2, 0) is 14.8 Å². The van der Waals surface area contributed by atoms with Gasteiger partial charge in [0.1, 0.15) is 10.6 Å². The SMILES string of the molecule is CCOc1ccc(NC(=O)/C=C/c2cccc(Cl)c2)cc1S(=O)(=O)N(C)C. The van der Waals surface area contributed by atoms with E-state index in [1.54, 1.807) is 37.3 Å². The second-order valence-corrected chi connectivity index (χ2v) is 8.32. The van der Waals surface area contributed by atoms with Crippen LogP contribution in [0.2, 0.25) is 5.02 Å². The lowest BCUT2D eigenvalue weighted by Crippen LogP contribution is -2.23. The zero-order valence-corrected chi connectivity index (χ0v) is 16.8. The molecule has 1 amide bonds. The summed E-state index contributed by atoms with van der Waals surface area (Å²) in [4.78, 5) is 12.1. The first-order valence-electron chi connectivity index (χ1n) is 8.18. The third-order valence-corrected chi connectivity index (χ3v) is 5.62. The first-order chi connectivity index (χ1) is 12.7. The van der Waals surface area contributed by atoms with Crippen LogP contribution in [0, 0.1) is 0 Å². The van der Waals surface area contributed by atoms with Crippen molar-refractivity contribution in [3.8, 4) is 5.75 Å². The maximum absolute atomic E-state index is 12.5. The van der Waals surface area contributed by atoms with Crippen molar-refractivity contribution in [2.24, 2.45) is 0 Å². The monoisotopic (exact) mass is 408 g/mol. The lowest BCUT2D eigenvalue weighted by atomic mass is 10.2. The van der Waals surface area contributed by atoms with E-state index in [1.165, 1.54) is 32.3 Å². The minimum atomic E-state index is -3.72. The fourth-order valence-electron chi connectivity index (χ4n) is 2.22. The standard InChI is InChI=1S/C19H21ClN2O4S/c1-4-26-17-10-9-16(13-18(17)27(24,25)22(2)3)21-19(23)11-8-14-6-5-7-15(20)12-14/h5-13H,4H2,1-3H3,(H,21,23)/b11-8+. The van der Waals surface area contributed by atoms with Gasteiger partial charge in [-0.15, -0.1) is 0 Å². The molecule has 8 heteroatoms. The second-order valence-electron chi connectivity index (χ2n) is 5.76. The van der Waals surface area contributed by atoms with Crippen molar-refractivity contribution >= 4 is 39.3 Å². The average Bonchev–Trinajstić information content (AvgIpc) is 2.61. The minimum Gasteiger partial charge on any atom is -0.492 e. The molecule has 0 heterocycles. The molecule has 0 aliphatic heterocycles. The van der Waals surface area contributed by atoms with Crippen molar-refractivity contribution in [2.75, 3.05) is 26.0 Å². The smallest absolute Gasteiger partial charge is 0.248 e. The molecule has 0 aliphatic rings. The predicted molar refractivity (Wildman–Crippen MR) is 108 cm³/mol. The van der Waals surface area contributed by atoms with Crippen molar-refractivity contribution in [3.05, 3.63) is 59.1 Å². The Hall–Kier alpha value is -2.35. The van der Waals surface area contributed by atoms with Gasteiger partial charge in [-0.2, -0.15) is 0 Å². The highest BCUT2D eigenvalue weighted by Crippen LogP contribution is 2.29. The van der Waals surface area contributed by atoms with E-state index in [1.807, 2.05) is 6.07 Å². The van der Waals surface area contributed by atoms with E-state index in [0.29, 0.717) is 17.3 Å². The summed E-state index contributed by atoms with van der Waals surface area (Å²) in [6.45, 7) is 2.09. The molecule has 0 bridgehead atoms. The molecule has 0 saturated carbocycles. The molecule has 2 aromatic rings. The molecule has 27 heavy (non-hydrogen) atoms. The molecule has 0 aromatic heterocycles. The molecule has 0 atom stereocenters. The van der Waals surface area contributed by atoms with Crippen LogP contribution in [-0.4, -0.2) is 39.3 Å². The number of halogens is 1. The highest BCUT2D eigenvalue weighted by molar-refractivity contribution is 7.89. The van der Waals surface area contributed by atoms with Crippen molar-refractivity contribution in [2.45, 2.75) is 11.8 Å². The Morgan fingerprint density at radius 2 is 1.96 bits per heavy atom. The lowest BCUT2D eigenvalue weighted by Gasteiger charge is -2.16. The van der Waals surface area contributed by atoms with Crippen LogP contribution in [0.3, 0.4) is 0 Å². The Morgan fingerprint density at radius 1 is 1.22 bits per heavy atom. The normalized spacial score (nSPS) is 11.7. The number of carbonyl (C=O) groups excluding carboxylic acids is 1. The number of anilines is 1. The molecule has 2 rings (SSSR count). The summed E-state index contributed by atoms with van der Waals surface area (Å²) in [5, 5.41) is 3.22. The second kappa shape index (κ2) is 9.03. The third-order valence-electron chi connectivity index (χ3n) is 3.55. The number of ether oxygens (including phenoxy) is 1. The van der Waals surface area contributed by atoms with Crippen LogP contribution in [0.15, 0.2) is 53.4 Å². The van der Waals surface area contributed by atoms with E-state index < -0.39 is 15.9 Å². The number of carbonyl (C=O) groups is 1. The van der Waals surface area contributed by atoms with Gasteiger partial charge in [0.2, 0.25) is 15.9 Å². The Morgan fingerprint density at radius 3 is 2.59 bits per heavy atom. The fraction of sp³-hybridized carbons (Fsp3) is 0.211. The number of amides is 1. The van der Waals surface area contributed by atoms with Gasteiger partial charge < -0.3 is 10.1 Å². The summed E-state index contributed by atoms with van der Waals surface area (Å²) in [7, 11) is -0.855. The molecule has 2 aromatic carbocycles. The number of rotatable bonds is 7. The Balaban J connectivity index is 2.24. The quantitative estimate of drug-likeness (QED) is 0.709. The van der Waals surface area contributed by atoms with Gasteiger partial charge in [0.15, 0.2) is 0 Å². The van der Waals surface area contributed by atoms with E-state index in [4.69, 9.17) is 16.3 Å². The number of sulfonamides is 1. The molecule has 6 nitrogen and oxygen atoms in total. The molecular formula is C19H21ClN2O4S. The zero-order valence-electron chi connectivity index (χ0n) is 15.3. The molecule has 0 spiro atoms. The first kappa shape index (κ1) is 21.0. The minimum absolute atomic E-state index is 0.00836. The van der Waals surface area contributed by atoms with Gasteiger partial charge in [0, 0.05) is 30.9 Å². The van der Waals surface area contributed by atoms with Gasteiger partial charge >= 0.3 is 0 Å². The van der Waals surface area contributed by atoms with Crippen LogP contribution in [0.4, 0.5) is 5.69 Å². The van der Waals surface area contributed by atoms with E-state index in [2.05, 4.69) is 5.32 Å². The van der Waals surface area contributed by atoms with Crippen molar-refractivity contribution in [3.63, 3.8) is 0 Å². The maximum Gasteiger partial charge on any atom is 0.248 e. The van der Waals surface area contributed by atoms with Crippen LogP contribution >= 0.6 is 11.6 Å². The van der Waals surface area contributed by atoms with Gasteiger partial charge in [0.05, 0.1) is 6.61 Å². The lowest BCUT2D eigenvalue weighted by molar-refractivity contribution is -0.111.